The van der Waals surface area contributed by atoms with Crippen LogP contribution in [0.1, 0.15) is 33.8 Å². The summed E-state index contributed by atoms with van der Waals surface area (Å²) in [6.07, 6.45) is 1.66. The topological polar surface area (TPSA) is 60.8 Å². The van der Waals surface area contributed by atoms with Crippen LogP contribution in [0.4, 0.5) is 0 Å². The molecule has 2 heterocycles. The highest BCUT2D eigenvalue weighted by atomic mass is 32.1. The van der Waals surface area contributed by atoms with Crippen molar-refractivity contribution >= 4 is 17.2 Å². The number of carbonyl (C=O) groups is 1. The van der Waals surface area contributed by atoms with Gasteiger partial charge in [-0.25, -0.2) is 0 Å². The Hall–Kier alpha value is -1.35. The molecular formula is C14H17NO3S. The first kappa shape index (κ1) is 14.1. The molecule has 102 valence electrons. The lowest BCUT2D eigenvalue weighted by atomic mass is 10.1. The molecule has 1 atom stereocenters. The van der Waals surface area contributed by atoms with E-state index >= 15 is 0 Å². The molecule has 1 aromatic heterocycles. The molecule has 1 amide bonds. The number of β-amino-alcohol motifs (C(OH)–C–C–N with tert-alkyl or cyclic N) is 1. The van der Waals surface area contributed by atoms with Crippen LogP contribution in [0.15, 0.2) is 12.1 Å². The largest absolute Gasteiger partial charge is 0.395 e. The summed E-state index contributed by atoms with van der Waals surface area (Å²) in [5.74, 6) is 5.73. The van der Waals surface area contributed by atoms with Crippen LogP contribution in [0.3, 0.4) is 0 Å². The quantitative estimate of drug-likeness (QED) is 0.796. The monoisotopic (exact) mass is 279 g/mol. The highest BCUT2D eigenvalue weighted by Gasteiger charge is 2.23. The van der Waals surface area contributed by atoms with Crippen LogP contribution in [0.25, 0.3) is 0 Å². The van der Waals surface area contributed by atoms with Crippen molar-refractivity contribution in [3.05, 3.63) is 21.9 Å². The fourth-order valence-electron chi connectivity index (χ4n) is 2.02. The van der Waals surface area contributed by atoms with Gasteiger partial charge in [-0.1, -0.05) is 11.8 Å². The smallest absolute Gasteiger partial charge is 0.264 e. The first-order chi connectivity index (χ1) is 9.20. The van der Waals surface area contributed by atoms with Gasteiger partial charge < -0.3 is 15.1 Å². The molecule has 2 N–H and O–H groups in total. The number of piperidine rings is 1. The Balaban J connectivity index is 2.02. The van der Waals surface area contributed by atoms with Crippen molar-refractivity contribution < 1.29 is 15.0 Å². The summed E-state index contributed by atoms with van der Waals surface area (Å²) in [5, 5.41) is 18.2. The number of likely N-dealkylation sites (tertiary alicyclic amines) is 1. The zero-order valence-electron chi connectivity index (χ0n) is 10.6. The number of amides is 1. The second-order valence-electron chi connectivity index (χ2n) is 4.49. The maximum atomic E-state index is 12.2. The maximum Gasteiger partial charge on any atom is 0.264 e. The summed E-state index contributed by atoms with van der Waals surface area (Å²) in [7, 11) is 0. The minimum atomic E-state index is -0.401. The van der Waals surface area contributed by atoms with Crippen molar-refractivity contribution in [2.24, 2.45) is 0 Å². The number of hydrogen-bond donors (Lipinski definition) is 2. The summed E-state index contributed by atoms with van der Waals surface area (Å²) in [4.78, 5) is 15.4. The number of aliphatic hydroxyl groups excluding tert-OH is 2. The van der Waals surface area contributed by atoms with Gasteiger partial charge in [0, 0.05) is 19.5 Å². The molecule has 0 saturated carbocycles. The second kappa shape index (κ2) is 6.71. The molecule has 1 aliphatic heterocycles. The van der Waals surface area contributed by atoms with Crippen molar-refractivity contribution in [1.82, 2.24) is 4.90 Å². The SMILES string of the molecule is O=C(c1ccc(C#CCCO)s1)N1CCCC(O)C1. The number of aliphatic hydroxyl groups is 2. The molecule has 1 saturated heterocycles. The Morgan fingerprint density at radius 2 is 2.37 bits per heavy atom. The van der Waals surface area contributed by atoms with Crippen molar-refractivity contribution in [1.29, 1.82) is 0 Å². The van der Waals surface area contributed by atoms with Gasteiger partial charge in [0.05, 0.1) is 22.5 Å². The van der Waals surface area contributed by atoms with Crippen LogP contribution in [-0.2, 0) is 0 Å². The van der Waals surface area contributed by atoms with Gasteiger partial charge in [-0.3, -0.25) is 4.79 Å². The standard InChI is InChI=1S/C14H17NO3S/c16-9-2-1-5-12-6-7-13(19-12)14(18)15-8-3-4-11(17)10-15/h6-7,11,16-17H,2-4,8-10H2. The molecule has 1 fully saturated rings. The van der Waals surface area contributed by atoms with Gasteiger partial charge in [0.2, 0.25) is 0 Å². The average molecular weight is 279 g/mol. The fourth-order valence-corrected chi connectivity index (χ4v) is 2.87. The normalized spacial score (nSPS) is 18.8. The minimum Gasteiger partial charge on any atom is -0.395 e. The van der Waals surface area contributed by atoms with Crippen molar-refractivity contribution in [2.75, 3.05) is 19.7 Å². The van der Waals surface area contributed by atoms with Gasteiger partial charge >= 0.3 is 0 Å². The van der Waals surface area contributed by atoms with Gasteiger partial charge in [0.25, 0.3) is 5.91 Å². The van der Waals surface area contributed by atoms with Crippen LogP contribution in [0, 0.1) is 11.8 Å². The zero-order chi connectivity index (χ0) is 13.7. The molecule has 1 aromatic rings. The van der Waals surface area contributed by atoms with Crippen LogP contribution < -0.4 is 0 Å². The Morgan fingerprint density at radius 3 is 3.11 bits per heavy atom. The van der Waals surface area contributed by atoms with Crippen molar-refractivity contribution in [3.63, 3.8) is 0 Å². The van der Waals surface area contributed by atoms with Crippen molar-refractivity contribution in [2.45, 2.75) is 25.4 Å². The highest BCUT2D eigenvalue weighted by Crippen LogP contribution is 2.20. The van der Waals surface area contributed by atoms with E-state index in [1.54, 1.807) is 11.0 Å². The van der Waals surface area contributed by atoms with E-state index < -0.39 is 6.10 Å². The molecule has 0 aromatic carbocycles. The number of nitrogens with zero attached hydrogens (tertiary/aromatic N) is 1. The van der Waals surface area contributed by atoms with Gasteiger partial charge in [0.1, 0.15) is 0 Å². The van der Waals surface area contributed by atoms with E-state index in [0.717, 1.165) is 17.7 Å². The number of rotatable bonds is 2. The van der Waals surface area contributed by atoms with Gasteiger partial charge in [-0.2, -0.15) is 0 Å². The van der Waals surface area contributed by atoms with Crippen LogP contribution >= 0.6 is 11.3 Å². The Morgan fingerprint density at radius 1 is 1.53 bits per heavy atom. The van der Waals surface area contributed by atoms with Gasteiger partial charge in [-0.05, 0) is 25.0 Å². The lowest BCUT2D eigenvalue weighted by Gasteiger charge is -2.29. The second-order valence-corrected chi connectivity index (χ2v) is 5.57. The number of hydrogen-bond acceptors (Lipinski definition) is 4. The Kier molecular flexibility index (Phi) is 4.97. The fraction of sp³-hybridized carbons (Fsp3) is 0.500. The summed E-state index contributed by atoms with van der Waals surface area (Å²) in [6.45, 7) is 1.18. The first-order valence-corrected chi connectivity index (χ1v) is 7.19. The third-order valence-electron chi connectivity index (χ3n) is 2.95. The summed E-state index contributed by atoms with van der Waals surface area (Å²) < 4.78 is 0. The molecule has 4 nitrogen and oxygen atoms in total. The predicted octanol–water partition coefficient (Wildman–Crippen LogP) is 1.08. The first-order valence-electron chi connectivity index (χ1n) is 6.37. The van der Waals surface area contributed by atoms with Crippen LogP contribution in [0.5, 0.6) is 0 Å². The van der Waals surface area contributed by atoms with E-state index in [1.807, 2.05) is 6.07 Å². The minimum absolute atomic E-state index is 0.0287. The molecule has 0 bridgehead atoms. The Labute approximate surface area is 116 Å². The number of thiophene rings is 1. The summed E-state index contributed by atoms with van der Waals surface area (Å²) in [6, 6.07) is 3.60. The van der Waals surface area contributed by atoms with E-state index in [2.05, 4.69) is 11.8 Å². The molecular weight excluding hydrogens is 262 g/mol. The molecule has 0 radical (unpaired) electrons. The molecule has 1 unspecified atom stereocenters. The third kappa shape index (κ3) is 3.80. The molecule has 5 heteroatoms. The molecule has 0 spiro atoms. The third-order valence-corrected chi connectivity index (χ3v) is 3.94. The van der Waals surface area contributed by atoms with E-state index in [4.69, 9.17) is 5.11 Å². The van der Waals surface area contributed by atoms with E-state index in [1.165, 1.54) is 11.3 Å². The highest BCUT2D eigenvalue weighted by molar-refractivity contribution is 7.14. The summed E-state index contributed by atoms with van der Waals surface area (Å²) in [5.41, 5.74) is 0. The lowest BCUT2D eigenvalue weighted by Crippen LogP contribution is -2.41. The maximum absolute atomic E-state index is 12.2. The van der Waals surface area contributed by atoms with Crippen LogP contribution in [0.2, 0.25) is 0 Å². The van der Waals surface area contributed by atoms with Gasteiger partial charge in [0.15, 0.2) is 0 Å². The van der Waals surface area contributed by atoms with Gasteiger partial charge in [-0.15, -0.1) is 11.3 Å². The molecule has 0 aliphatic carbocycles. The zero-order valence-corrected chi connectivity index (χ0v) is 11.4. The van der Waals surface area contributed by atoms with Crippen LogP contribution in [-0.4, -0.2) is 46.8 Å². The van der Waals surface area contributed by atoms with E-state index in [9.17, 15) is 9.90 Å². The number of carbonyl (C=O) groups excluding carboxylic acids is 1. The van der Waals surface area contributed by atoms with Crippen molar-refractivity contribution in [3.8, 4) is 11.8 Å². The molecule has 1 aliphatic rings. The molecule has 2 rings (SSSR count). The van der Waals surface area contributed by atoms with E-state index in [-0.39, 0.29) is 12.5 Å². The van der Waals surface area contributed by atoms with E-state index in [0.29, 0.717) is 24.4 Å². The Bertz CT molecular complexity index is 500. The molecule has 19 heavy (non-hydrogen) atoms. The average Bonchev–Trinajstić information content (AvgIpc) is 2.87. The predicted molar refractivity (Wildman–Crippen MR) is 74.0 cm³/mol. The summed E-state index contributed by atoms with van der Waals surface area (Å²) >= 11 is 1.36. The lowest BCUT2D eigenvalue weighted by molar-refractivity contribution is 0.0478.